The number of carbonyl (C=O) groups excluding carboxylic acids is 2. The zero-order valence-corrected chi connectivity index (χ0v) is 6.37. The van der Waals surface area contributed by atoms with Crippen LogP contribution in [0.5, 0.6) is 0 Å². The molecule has 0 saturated heterocycles. The molecular formula is C6H9N3O2. The molecule has 0 saturated carbocycles. The van der Waals surface area contributed by atoms with E-state index >= 15 is 0 Å². The van der Waals surface area contributed by atoms with Crippen LogP contribution in [-0.4, -0.2) is 24.5 Å². The summed E-state index contributed by atoms with van der Waals surface area (Å²) in [4.78, 5) is 26.1. The molecule has 5 heteroatoms. The van der Waals surface area contributed by atoms with E-state index in [9.17, 15) is 9.59 Å². The third-order valence-electron chi connectivity index (χ3n) is 0.975. The highest BCUT2D eigenvalue weighted by molar-refractivity contribution is 5.34. The van der Waals surface area contributed by atoms with Gasteiger partial charge in [0.15, 0.2) is 0 Å². The Morgan fingerprint density at radius 2 is 1.45 bits per heavy atom. The summed E-state index contributed by atoms with van der Waals surface area (Å²) in [6.45, 7) is 3.31. The molecule has 1 N–H and O–H groups in total. The molecule has 0 aliphatic carbocycles. The van der Waals surface area contributed by atoms with Crippen LogP contribution in [0.1, 0.15) is 13.8 Å². The Hall–Kier alpha value is -1.28. The Morgan fingerprint density at radius 3 is 1.73 bits per heavy atom. The number of nitrogens with one attached hydrogen (secondary N) is 1. The smallest absolute Gasteiger partial charge is 0.236 e. The molecule has 60 valence electrons. The van der Waals surface area contributed by atoms with E-state index in [-0.39, 0.29) is 12.3 Å². The maximum Gasteiger partial charge on any atom is 0.236 e. The summed E-state index contributed by atoms with van der Waals surface area (Å²) in [5.74, 6) is 0. The largest absolute Gasteiger partial charge is 0.273 e. The maximum absolute atomic E-state index is 9.72. The number of aliphatic imine (C=N–C) groups is 2. The third-order valence-corrected chi connectivity index (χ3v) is 0.975. The first-order valence-electron chi connectivity index (χ1n) is 3.10. The van der Waals surface area contributed by atoms with Gasteiger partial charge in [0, 0.05) is 0 Å². The average molecular weight is 155 g/mol. The fourth-order valence-corrected chi connectivity index (χ4v) is 0.582. The van der Waals surface area contributed by atoms with Crippen molar-refractivity contribution >= 4 is 12.2 Å². The minimum atomic E-state index is -0.375. The van der Waals surface area contributed by atoms with Crippen LogP contribution in [0, 0.1) is 0 Å². The zero-order valence-electron chi connectivity index (χ0n) is 6.37. The van der Waals surface area contributed by atoms with E-state index in [0.29, 0.717) is 0 Å². The first-order valence-corrected chi connectivity index (χ1v) is 3.10. The second-order valence-electron chi connectivity index (χ2n) is 1.96. The fourth-order valence-electron chi connectivity index (χ4n) is 0.582. The summed E-state index contributed by atoms with van der Waals surface area (Å²) >= 11 is 0. The zero-order chi connectivity index (χ0) is 8.69. The van der Waals surface area contributed by atoms with Crippen LogP contribution >= 0.6 is 0 Å². The van der Waals surface area contributed by atoms with Crippen LogP contribution in [0.3, 0.4) is 0 Å². The monoisotopic (exact) mass is 155 g/mol. The molecule has 2 atom stereocenters. The van der Waals surface area contributed by atoms with Gasteiger partial charge >= 0.3 is 0 Å². The summed E-state index contributed by atoms with van der Waals surface area (Å²) in [6.07, 6.45) is 2.02. The van der Waals surface area contributed by atoms with Gasteiger partial charge in [0.05, 0.1) is 0 Å². The molecule has 0 aromatic heterocycles. The van der Waals surface area contributed by atoms with Gasteiger partial charge in [-0.3, -0.25) is 5.32 Å². The van der Waals surface area contributed by atoms with Crippen molar-refractivity contribution in [2.75, 3.05) is 0 Å². The predicted molar refractivity (Wildman–Crippen MR) is 38.3 cm³/mol. The van der Waals surface area contributed by atoms with Crippen LogP contribution < -0.4 is 5.32 Å². The van der Waals surface area contributed by atoms with Crippen molar-refractivity contribution < 1.29 is 9.59 Å². The number of nitrogens with zero attached hydrogens (tertiary/aromatic N) is 2. The molecular weight excluding hydrogens is 146 g/mol. The molecule has 11 heavy (non-hydrogen) atoms. The second kappa shape index (κ2) is 5.50. The van der Waals surface area contributed by atoms with E-state index in [2.05, 4.69) is 15.3 Å². The highest BCUT2D eigenvalue weighted by Gasteiger charge is 2.02. The first kappa shape index (κ1) is 9.72. The standard InChI is InChI=1S/C6H9N3O2/c1-5(7-3-10)9-6(2)8-4-11/h5-6,9H,1-2H3. The lowest BCUT2D eigenvalue weighted by atomic mass is 10.5. The van der Waals surface area contributed by atoms with Crippen molar-refractivity contribution in [1.29, 1.82) is 0 Å². The van der Waals surface area contributed by atoms with Crippen molar-refractivity contribution in [3.8, 4) is 0 Å². The number of hydrogen-bond donors (Lipinski definition) is 1. The highest BCUT2D eigenvalue weighted by Crippen LogP contribution is 1.87. The highest BCUT2D eigenvalue weighted by atomic mass is 16.1. The number of hydrogen-bond acceptors (Lipinski definition) is 5. The van der Waals surface area contributed by atoms with Gasteiger partial charge in [-0.05, 0) is 13.8 Å². The van der Waals surface area contributed by atoms with Gasteiger partial charge in [-0.15, -0.1) is 0 Å². The topological polar surface area (TPSA) is 70.9 Å². The summed E-state index contributed by atoms with van der Waals surface area (Å²) in [5, 5.41) is 2.72. The number of rotatable bonds is 4. The molecule has 0 aromatic carbocycles. The molecule has 5 nitrogen and oxygen atoms in total. The van der Waals surface area contributed by atoms with Crippen molar-refractivity contribution in [2.45, 2.75) is 26.2 Å². The van der Waals surface area contributed by atoms with Crippen LogP contribution in [0.15, 0.2) is 9.98 Å². The average Bonchev–Trinajstić information content (AvgIpc) is 1.87. The quantitative estimate of drug-likeness (QED) is 0.456. The fraction of sp³-hybridized carbons (Fsp3) is 0.667. The number of isocyanates is 2. The van der Waals surface area contributed by atoms with Gasteiger partial charge in [-0.25, -0.2) is 9.59 Å². The molecule has 0 fully saturated rings. The lowest BCUT2D eigenvalue weighted by Crippen LogP contribution is -2.31. The van der Waals surface area contributed by atoms with Crippen molar-refractivity contribution in [2.24, 2.45) is 9.98 Å². The molecule has 0 amide bonds. The third kappa shape index (κ3) is 5.18. The van der Waals surface area contributed by atoms with Crippen LogP contribution in [0.25, 0.3) is 0 Å². The molecule has 0 rings (SSSR count). The molecule has 0 radical (unpaired) electrons. The van der Waals surface area contributed by atoms with Crippen molar-refractivity contribution in [1.82, 2.24) is 5.32 Å². The summed E-state index contributed by atoms with van der Waals surface area (Å²) in [5.41, 5.74) is 0. The van der Waals surface area contributed by atoms with Crippen molar-refractivity contribution in [3.05, 3.63) is 0 Å². The van der Waals surface area contributed by atoms with E-state index in [4.69, 9.17) is 0 Å². The summed E-state index contributed by atoms with van der Waals surface area (Å²) in [7, 11) is 0. The van der Waals surface area contributed by atoms with Crippen molar-refractivity contribution in [3.63, 3.8) is 0 Å². The minimum Gasteiger partial charge on any atom is -0.273 e. The summed E-state index contributed by atoms with van der Waals surface area (Å²) in [6, 6.07) is 0. The van der Waals surface area contributed by atoms with Crippen LogP contribution in [0.2, 0.25) is 0 Å². The second-order valence-corrected chi connectivity index (χ2v) is 1.96. The molecule has 0 aliphatic heterocycles. The lowest BCUT2D eigenvalue weighted by Gasteiger charge is -2.08. The van der Waals surface area contributed by atoms with Gasteiger partial charge in [0.25, 0.3) is 0 Å². The SMILES string of the molecule is CC(N=C=O)NC(C)N=C=O. The Labute approximate surface area is 64.2 Å². The lowest BCUT2D eigenvalue weighted by molar-refractivity contribution is 0.478. The molecule has 0 aromatic rings. The van der Waals surface area contributed by atoms with Gasteiger partial charge in [-0.2, -0.15) is 9.98 Å². The Bertz CT molecular complexity index is 182. The van der Waals surface area contributed by atoms with Gasteiger partial charge in [0.1, 0.15) is 12.3 Å². The molecule has 0 heterocycles. The molecule has 0 bridgehead atoms. The first-order chi connectivity index (χ1) is 5.20. The summed E-state index contributed by atoms with van der Waals surface area (Å²) < 4.78 is 0. The van der Waals surface area contributed by atoms with Gasteiger partial charge in [-0.1, -0.05) is 0 Å². The van der Waals surface area contributed by atoms with Gasteiger partial charge in [0.2, 0.25) is 12.2 Å². The predicted octanol–water partition coefficient (Wildman–Crippen LogP) is -0.0604. The molecule has 0 spiro atoms. The normalized spacial score (nSPS) is 14.0. The molecule has 0 aliphatic rings. The van der Waals surface area contributed by atoms with E-state index in [0.717, 1.165) is 0 Å². The Balaban J connectivity index is 3.83. The van der Waals surface area contributed by atoms with Crippen LogP contribution in [-0.2, 0) is 9.59 Å². The maximum atomic E-state index is 9.72. The van der Waals surface area contributed by atoms with E-state index in [1.165, 1.54) is 12.2 Å². The van der Waals surface area contributed by atoms with E-state index < -0.39 is 0 Å². The Kier molecular flexibility index (Phi) is 4.86. The Morgan fingerprint density at radius 1 is 1.09 bits per heavy atom. The molecule has 2 unspecified atom stereocenters. The van der Waals surface area contributed by atoms with Crippen LogP contribution in [0.4, 0.5) is 0 Å². The minimum absolute atomic E-state index is 0.375. The van der Waals surface area contributed by atoms with E-state index in [1.807, 2.05) is 0 Å². The van der Waals surface area contributed by atoms with Gasteiger partial charge < -0.3 is 0 Å². The van der Waals surface area contributed by atoms with E-state index in [1.54, 1.807) is 13.8 Å².